The highest BCUT2D eigenvalue weighted by molar-refractivity contribution is 7.47. The van der Waals surface area contributed by atoms with Crippen molar-refractivity contribution in [1.82, 2.24) is 16.0 Å². The van der Waals surface area contributed by atoms with Crippen molar-refractivity contribution >= 4 is 45.7 Å². The lowest BCUT2D eigenvalue weighted by Crippen LogP contribution is -2.66. The average Bonchev–Trinajstić information content (AvgIpc) is 3.44. The van der Waals surface area contributed by atoms with E-state index in [-0.39, 0.29) is 26.4 Å². The maximum Gasteiger partial charge on any atom is 0.508 e. The number of hydrogen-bond acceptors (Lipinski definition) is 16. The summed E-state index contributed by atoms with van der Waals surface area (Å²) in [4.78, 5) is 70.2. The number of hydrogen-bond donors (Lipinski definition) is 5. The van der Waals surface area contributed by atoms with Gasteiger partial charge in [-0.1, -0.05) is 30.3 Å². The molecule has 1 aromatic rings. The van der Waals surface area contributed by atoms with E-state index in [9.17, 15) is 38.5 Å². The summed E-state index contributed by atoms with van der Waals surface area (Å²) in [6.07, 6.45) is -5.27. The minimum Gasteiger partial charge on any atom is -0.456 e. The molecule has 0 bridgehead atoms. The van der Waals surface area contributed by atoms with Gasteiger partial charge in [0.05, 0.1) is 6.61 Å². The monoisotopic (exact) mass is 829 g/mol. The minimum atomic E-state index is -4.49. The first-order chi connectivity index (χ1) is 27.1. The molecule has 2 saturated heterocycles. The molecule has 5 N–H and O–H groups in total. The van der Waals surface area contributed by atoms with Crippen LogP contribution in [0.5, 0.6) is 0 Å². The molecule has 0 spiro atoms. The van der Waals surface area contributed by atoms with E-state index < -0.39 is 99.2 Å². The van der Waals surface area contributed by atoms with Gasteiger partial charge in [0.2, 0.25) is 5.91 Å². The third-order valence-corrected chi connectivity index (χ3v) is 9.75. The zero-order chi connectivity index (χ0) is 42.0. The Morgan fingerprint density at radius 1 is 0.860 bits per heavy atom. The number of aliphatic hydroxyl groups is 1. The fourth-order valence-electron chi connectivity index (χ4n) is 6.21. The van der Waals surface area contributed by atoms with Crippen molar-refractivity contribution in [3.63, 3.8) is 0 Å². The molecule has 22 heteroatoms. The Kier molecular flexibility index (Phi) is 20.2. The van der Waals surface area contributed by atoms with Crippen molar-refractivity contribution in [3.05, 3.63) is 35.9 Å². The number of ether oxygens (including phenoxy) is 7. The summed E-state index contributed by atoms with van der Waals surface area (Å²) in [7, 11) is 2.70. The van der Waals surface area contributed by atoms with Crippen LogP contribution in [0.3, 0.4) is 0 Å². The largest absolute Gasteiger partial charge is 0.508 e. The number of urea groups is 1. The summed E-state index contributed by atoms with van der Waals surface area (Å²) >= 11 is 0. The lowest BCUT2D eigenvalue weighted by molar-refractivity contribution is -0.276. The summed E-state index contributed by atoms with van der Waals surface area (Å²) in [5, 5.41) is 18.0. The minimum absolute atomic E-state index is 0.0197. The Morgan fingerprint density at radius 3 is 2.16 bits per heavy atom. The van der Waals surface area contributed by atoms with Gasteiger partial charge in [0.15, 0.2) is 18.5 Å². The lowest BCUT2D eigenvalue weighted by Gasteiger charge is -2.44. The van der Waals surface area contributed by atoms with Crippen molar-refractivity contribution in [2.45, 2.75) is 108 Å². The fraction of sp³-hybridized carbons (Fsp3) is 0.686. The number of rotatable bonds is 22. The van der Waals surface area contributed by atoms with Crippen LogP contribution >= 0.6 is 7.82 Å². The SMILES string of the molecule is [B][C@@H]1O[C@H](COC(=O)OCc2ccccc2)C(OP(=O)(O)OC)[C@@H]1CCCNC(=O)NCCCCCO[C@@H]1O[C@H](CO)[C@H](OC(C)=O)[C@H](OC(C)=O)[C@H]1NC(C)=O. The number of unbranched alkanes of at least 4 members (excludes halogenated alkanes) is 2. The van der Waals surface area contributed by atoms with Gasteiger partial charge in [0, 0.05) is 59.5 Å². The Bertz CT molecular complexity index is 1500. The Balaban J connectivity index is 1.38. The average molecular weight is 830 g/mol. The normalized spacial score (nSPS) is 26.7. The van der Waals surface area contributed by atoms with E-state index in [0.717, 1.165) is 26.5 Å². The van der Waals surface area contributed by atoms with Gasteiger partial charge in [0.25, 0.3) is 0 Å². The molecule has 10 atom stereocenters. The second-order valence-corrected chi connectivity index (χ2v) is 14.7. The summed E-state index contributed by atoms with van der Waals surface area (Å²) in [5.41, 5.74) is 0.751. The highest BCUT2D eigenvalue weighted by atomic mass is 31.2. The van der Waals surface area contributed by atoms with E-state index in [2.05, 4.69) is 20.5 Å². The zero-order valence-electron chi connectivity index (χ0n) is 32.4. The van der Waals surface area contributed by atoms with Crippen LogP contribution in [0.15, 0.2) is 30.3 Å². The van der Waals surface area contributed by atoms with Crippen LogP contribution in [0.4, 0.5) is 9.59 Å². The van der Waals surface area contributed by atoms with Gasteiger partial charge in [-0.05, 0) is 37.7 Å². The molecule has 20 nitrogen and oxygen atoms in total. The molecule has 2 radical (unpaired) electrons. The summed E-state index contributed by atoms with van der Waals surface area (Å²) in [5.74, 6) is -2.50. The summed E-state index contributed by atoms with van der Waals surface area (Å²) in [6, 6.07) is 6.55. The smallest absolute Gasteiger partial charge is 0.456 e. The van der Waals surface area contributed by atoms with E-state index in [1.54, 1.807) is 24.3 Å². The molecule has 2 unspecified atom stereocenters. The van der Waals surface area contributed by atoms with Crippen LogP contribution in [-0.4, -0.2) is 137 Å². The Hall–Kier alpha value is -3.82. The third kappa shape index (κ3) is 16.5. The number of aliphatic hydroxyl groups excluding tert-OH is 1. The van der Waals surface area contributed by atoms with Crippen LogP contribution in [0.2, 0.25) is 0 Å². The van der Waals surface area contributed by atoms with Gasteiger partial charge in [-0.15, -0.1) is 0 Å². The molecular formula is C35H53BN3O17P. The van der Waals surface area contributed by atoms with Crippen molar-refractivity contribution < 1.29 is 80.7 Å². The predicted octanol–water partition coefficient (Wildman–Crippen LogP) is 1.33. The number of carbonyl (C=O) groups excluding carboxylic acids is 5. The number of benzene rings is 1. The van der Waals surface area contributed by atoms with Crippen molar-refractivity contribution in [1.29, 1.82) is 0 Å². The molecule has 2 heterocycles. The number of phosphoric ester groups is 1. The third-order valence-electron chi connectivity index (χ3n) is 8.78. The standard InChI is InChI=1S/C35H53BN3O17P/c1-21(41)39-28-31(53-23(3)43)30(52-22(2)42)26(18-40)55-33(28)49-17-10-6-9-15-37-34(44)38-16-11-14-25-29(56-57(46,47)48-4)27(54-32(25)36)20-51-35(45)50-19-24-12-7-5-8-13-24/h5,7-8,12-13,25-33,40H,6,9-11,14-20H2,1-4H3,(H,39,41)(H,46,47)(H2,37,38,44)/t25-,26+,27+,28+,29?,30-,31+,32+,33+/m0/s1. The van der Waals surface area contributed by atoms with Crippen LogP contribution in [0, 0.1) is 5.92 Å². The molecule has 3 amide bonds. The molecule has 318 valence electrons. The number of nitrogens with one attached hydrogen (secondary N) is 3. The van der Waals surface area contributed by atoms with Crippen molar-refractivity contribution in [3.8, 4) is 0 Å². The molecule has 3 rings (SSSR count). The molecule has 0 aromatic heterocycles. The maximum absolute atomic E-state index is 12.4. The fourth-order valence-corrected chi connectivity index (χ4v) is 6.90. The van der Waals surface area contributed by atoms with E-state index in [1.165, 1.54) is 6.92 Å². The summed E-state index contributed by atoms with van der Waals surface area (Å²) < 4.78 is 60.6. The van der Waals surface area contributed by atoms with Gasteiger partial charge in [0.1, 0.15) is 45.4 Å². The van der Waals surface area contributed by atoms with Crippen LogP contribution in [0.25, 0.3) is 0 Å². The van der Waals surface area contributed by atoms with E-state index in [4.69, 9.17) is 45.5 Å². The van der Waals surface area contributed by atoms with E-state index in [1.807, 2.05) is 6.07 Å². The van der Waals surface area contributed by atoms with Gasteiger partial charge in [-0.2, -0.15) is 0 Å². The maximum atomic E-state index is 12.4. The number of carbonyl (C=O) groups is 5. The first-order valence-electron chi connectivity index (χ1n) is 18.5. The quantitative estimate of drug-likeness (QED) is 0.0363. The Morgan fingerprint density at radius 2 is 1.53 bits per heavy atom. The predicted molar refractivity (Wildman–Crippen MR) is 197 cm³/mol. The number of phosphoric acid groups is 1. The lowest BCUT2D eigenvalue weighted by atomic mass is 9.82. The highest BCUT2D eigenvalue weighted by Crippen LogP contribution is 2.48. The topological polar surface area (TPSA) is 262 Å². The first kappa shape index (κ1) is 47.6. The number of esters is 2. The first-order valence-corrected chi connectivity index (χ1v) is 20.0. The molecule has 0 aliphatic carbocycles. The van der Waals surface area contributed by atoms with Crippen LogP contribution in [0.1, 0.15) is 58.4 Å². The summed E-state index contributed by atoms with van der Waals surface area (Å²) in [6.45, 7) is 3.29. The van der Waals surface area contributed by atoms with E-state index in [0.29, 0.717) is 38.6 Å². The second kappa shape index (κ2) is 24.2. The van der Waals surface area contributed by atoms with Gasteiger partial charge < -0.3 is 59.1 Å². The number of amides is 3. The molecule has 2 fully saturated rings. The van der Waals surface area contributed by atoms with Crippen molar-refractivity contribution in [2.75, 3.05) is 40.0 Å². The molecule has 1 aromatic carbocycles. The molecule has 57 heavy (non-hydrogen) atoms. The van der Waals surface area contributed by atoms with Crippen molar-refractivity contribution in [2.24, 2.45) is 5.92 Å². The molecule has 2 aliphatic heterocycles. The van der Waals surface area contributed by atoms with Gasteiger partial charge >= 0.3 is 31.9 Å². The van der Waals surface area contributed by atoms with Gasteiger partial charge in [-0.25, -0.2) is 14.2 Å². The van der Waals surface area contributed by atoms with E-state index >= 15 is 0 Å². The highest BCUT2D eigenvalue weighted by Gasteiger charge is 2.51. The van der Waals surface area contributed by atoms with Crippen LogP contribution in [-0.2, 0) is 67.8 Å². The zero-order valence-corrected chi connectivity index (χ0v) is 33.3. The molecule has 2 aliphatic rings. The molecule has 0 saturated carbocycles. The second-order valence-electron chi connectivity index (χ2n) is 13.2. The van der Waals surface area contributed by atoms with Crippen LogP contribution < -0.4 is 16.0 Å². The molecular weight excluding hydrogens is 776 g/mol. The Labute approximate surface area is 332 Å². The van der Waals surface area contributed by atoms with Gasteiger partial charge in [-0.3, -0.25) is 23.4 Å².